The number of piperazine rings is 1. The van der Waals surface area contributed by atoms with Crippen molar-refractivity contribution >= 4 is 23.4 Å². The summed E-state index contributed by atoms with van der Waals surface area (Å²) < 4.78 is 0. The van der Waals surface area contributed by atoms with E-state index >= 15 is 0 Å². The van der Waals surface area contributed by atoms with Crippen molar-refractivity contribution in [3.8, 4) is 0 Å². The molecule has 1 aliphatic rings. The van der Waals surface area contributed by atoms with Gasteiger partial charge in [-0.15, -0.1) is 0 Å². The van der Waals surface area contributed by atoms with E-state index in [0.29, 0.717) is 11.7 Å². The Labute approximate surface area is 143 Å². The van der Waals surface area contributed by atoms with Crippen molar-refractivity contribution in [2.75, 3.05) is 43.9 Å². The fourth-order valence-corrected chi connectivity index (χ4v) is 2.11. The number of carbonyl (C=O) groups excluding carboxylic acids is 1. The predicted molar refractivity (Wildman–Crippen MR) is 98.5 cm³/mol. The number of carbonyl (C=O) groups is 1. The summed E-state index contributed by atoms with van der Waals surface area (Å²) >= 11 is 0. The third-order valence-corrected chi connectivity index (χ3v) is 3.25. The van der Waals surface area contributed by atoms with Gasteiger partial charge in [-0.2, -0.15) is 0 Å². The van der Waals surface area contributed by atoms with Crippen LogP contribution >= 0.6 is 0 Å². The van der Waals surface area contributed by atoms with Crippen LogP contribution in [0.2, 0.25) is 0 Å². The molecule has 0 aliphatic carbocycles. The molecule has 8 heteroatoms. The van der Waals surface area contributed by atoms with E-state index in [4.69, 9.17) is 5.73 Å². The number of anilines is 2. The summed E-state index contributed by atoms with van der Waals surface area (Å²) in [5, 5.41) is 5.93. The molecule has 1 saturated heterocycles. The molecule has 0 bridgehead atoms. The Hall–Kier alpha value is -2.48. The van der Waals surface area contributed by atoms with Gasteiger partial charge in [-0.25, -0.2) is 9.97 Å². The smallest absolute Gasteiger partial charge is 0.279 e. The second-order valence-corrected chi connectivity index (χ2v) is 4.76. The van der Waals surface area contributed by atoms with E-state index in [-0.39, 0.29) is 11.5 Å². The van der Waals surface area contributed by atoms with Gasteiger partial charge in [-0.1, -0.05) is 19.9 Å². The minimum atomic E-state index is -0.416. The average molecular weight is 333 g/mol. The average Bonchev–Trinajstić information content (AvgIpc) is 2.64. The van der Waals surface area contributed by atoms with Crippen LogP contribution in [0, 0.1) is 0 Å². The topological polar surface area (TPSA) is 109 Å². The molecule has 1 fully saturated rings. The predicted octanol–water partition coefficient (Wildman–Crippen LogP) is 0.829. The summed E-state index contributed by atoms with van der Waals surface area (Å²) in [5.41, 5.74) is 5.90. The van der Waals surface area contributed by atoms with Crippen molar-refractivity contribution in [2.24, 2.45) is 4.99 Å². The molecule has 0 aromatic carbocycles. The van der Waals surface area contributed by atoms with E-state index in [1.807, 2.05) is 20.8 Å². The molecule has 0 spiro atoms. The summed E-state index contributed by atoms with van der Waals surface area (Å²) in [6.45, 7) is 9.24. The molecule has 1 aliphatic heterocycles. The molecule has 0 unspecified atom stereocenters. The zero-order valence-electron chi connectivity index (χ0n) is 14.8. The molecule has 1 amide bonds. The summed E-state index contributed by atoms with van der Waals surface area (Å²) in [6, 6.07) is 0. The summed E-state index contributed by atoms with van der Waals surface area (Å²) in [4.78, 5) is 26.8. The van der Waals surface area contributed by atoms with Gasteiger partial charge < -0.3 is 21.3 Å². The van der Waals surface area contributed by atoms with Gasteiger partial charge in [-0.05, 0) is 13.0 Å². The van der Waals surface area contributed by atoms with Crippen LogP contribution in [0.3, 0.4) is 0 Å². The number of nitrogen functional groups attached to an aromatic ring is 1. The minimum Gasteiger partial charge on any atom is -0.382 e. The van der Waals surface area contributed by atoms with Gasteiger partial charge in [0.2, 0.25) is 0 Å². The Kier molecular flexibility index (Phi) is 8.42. The van der Waals surface area contributed by atoms with Crippen molar-refractivity contribution in [1.29, 1.82) is 0 Å². The van der Waals surface area contributed by atoms with Crippen LogP contribution in [0.25, 0.3) is 0 Å². The van der Waals surface area contributed by atoms with E-state index in [0.717, 1.165) is 26.2 Å². The number of nitrogens with one attached hydrogen (secondary N) is 2. The maximum Gasteiger partial charge on any atom is 0.279 e. The number of nitrogens with two attached hydrogens (primary N) is 1. The zero-order chi connectivity index (χ0) is 17.9. The third-order valence-electron chi connectivity index (χ3n) is 3.25. The van der Waals surface area contributed by atoms with E-state index in [2.05, 4.69) is 30.5 Å². The van der Waals surface area contributed by atoms with E-state index in [1.165, 1.54) is 0 Å². The molecule has 2 rings (SSSR count). The molecular weight excluding hydrogens is 306 g/mol. The molecule has 1 aromatic rings. The SMILES string of the molecule is C/C=C\C(=NC)NC(=O)c1nc(N2CCNCC2)cnc1N.CC. The minimum absolute atomic E-state index is 0.104. The molecule has 0 radical (unpaired) electrons. The number of nitrogens with zero attached hydrogens (tertiary/aromatic N) is 4. The number of amides is 1. The van der Waals surface area contributed by atoms with Gasteiger partial charge in [0.1, 0.15) is 11.7 Å². The van der Waals surface area contributed by atoms with Crippen LogP contribution in [0.4, 0.5) is 11.6 Å². The lowest BCUT2D eigenvalue weighted by molar-refractivity contribution is 0.0973. The highest BCUT2D eigenvalue weighted by molar-refractivity contribution is 6.10. The lowest BCUT2D eigenvalue weighted by Gasteiger charge is -2.28. The Balaban J connectivity index is 0.00000139. The first-order valence-electron chi connectivity index (χ1n) is 8.14. The molecule has 0 saturated carbocycles. The molecule has 8 nitrogen and oxygen atoms in total. The number of rotatable bonds is 3. The number of hydrogen-bond donors (Lipinski definition) is 3. The fraction of sp³-hybridized carbons (Fsp3) is 0.500. The fourth-order valence-electron chi connectivity index (χ4n) is 2.11. The number of aromatic nitrogens is 2. The molecule has 0 atom stereocenters. The van der Waals surface area contributed by atoms with E-state index in [1.54, 1.807) is 25.4 Å². The van der Waals surface area contributed by atoms with Crippen molar-refractivity contribution < 1.29 is 4.79 Å². The van der Waals surface area contributed by atoms with Crippen LogP contribution in [0.1, 0.15) is 31.3 Å². The number of aliphatic imine (C=N–C) groups is 1. The second kappa shape index (κ2) is 10.3. The van der Waals surface area contributed by atoms with Gasteiger partial charge in [0.05, 0.1) is 6.20 Å². The highest BCUT2D eigenvalue weighted by Gasteiger charge is 2.18. The summed E-state index contributed by atoms with van der Waals surface area (Å²) in [5.74, 6) is 0.788. The van der Waals surface area contributed by atoms with E-state index in [9.17, 15) is 4.79 Å². The Morgan fingerprint density at radius 2 is 2.08 bits per heavy atom. The van der Waals surface area contributed by atoms with Crippen LogP contribution < -0.4 is 21.3 Å². The first-order chi connectivity index (χ1) is 11.7. The number of amidine groups is 1. The van der Waals surface area contributed by atoms with Crippen LogP contribution in [-0.2, 0) is 0 Å². The zero-order valence-corrected chi connectivity index (χ0v) is 14.8. The lowest BCUT2D eigenvalue weighted by Crippen LogP contribution is -2.44. The van der Waals surface area contributed by atoms with Crippen molar-refractivity contribution in [3.05, 3.63) is 24.0 Å². The Bertz CT molecular complexity index is 592. The standard InChI is InChI=1S/C14H21N7O.C2H6/c1-3-4-10(16-2)19-14(22)12-13(15)18-9-11(20-12)21-7-5-17-6-8-21;1-2/h3-4,9,17H,5-8H2,1-2H3,(H2,15,18)(H,16,19,22);1-2H3/b4-3-;. The monoisotopic (exact) mass is 333 g/mol. The first-order valence-corrected chi connectivity index (χ1v) is 8.14. The molecule has 132 valence electrons. The quantitative estimate of drug-likeness (QED) is 0.558. The maximum absolute atomic E-state index is 12.3. The Morgan fingerprint density at radius 1 is 1.42 bits per heavy atom. The van der Waals surface area contributed by atoms with Crippen molar-refractivity contribution in [3.63, 3.8) is 0 Å². The highest BCUT2D eigenvalue weighted by Crippen LogP contribution is 2.14. The van der Waals surface area contributed by atoms with Crippen molar-refractivity contribution in [1.82, 2.24) is 20.6 Å². The van der Waals surface area contributed by atoms with Crippen LogP contribution in [0.5, 0.6) is 0 Å². The highest BCUT2D eigenvalue weighted by atomic mass is 16.2. The second-order valence-electron chi connectivity index (χ2n) is 4.76. The third kappa shape index (κ3) is 5.31. The normalized spacial score (nSPS) is 15.0. The molecular formula is C16H27N7O. The van der Waals surface area contributed by atoms with Crippen LogP contribution in [0.15, 0.2) is 23.3 Å². The van der Waals surface area contributed by atoms with Gasteiger partial charge >= 0.3 is 0 Å². The van der Waals surface area contributed by atoms with Gasteiger partial charge in [0.25, 0.3) is 5.91 Å². The number of hydrogen-bond acceptors (Lipinski definition) is 7. The van der Waals surface area contributed by atoms with Gasteiger partial charge in [0, 0.05) is 33.2 Å². The maximum atomic E-state index is 12.3. The van der Waals surface area contributed by atoms with Gasteiger partial charge in [0.15, 0.2) is 11.5 Å². The molecule has 4 N–H and O–H groups in total. The molecule has 2 heterocycles. The summed E-state index contributed by atoms with van der Waals surface area (Å²) in [7, 11) is 1.60. The van der Waals surface area contributed by atoms with Gasteiger partial charge in [-0.3, -0.25) is 9.79 Å². The molecule has 24 heavy (non-hydrogen) atoms. The summed E-state index contributed by atoms with van der Waals surface area (Å²) in [6.07, 6.45) is 5.08. The lowest BCUT2D eigenvalue weighted by atomic mass is 10.3. The van der Waals surface area contributed by atoms with Crippen molar-refractivity contribution in [2.45, 2.75) is 20.8 Å². The Morgan fingerprint density at radius 3 is 2.67 bits per heavy atom. The largest absolute Gasteiger partial charge is 0.382 e. The first kappa shape index (κ1) is 19.6. The molecule has 1 aromatic heterocycles. The van der Waals surface area contributed by atoms with Crippen LogP contribution in [-0.4, -0.2) is 54.9 Å². The van der Waals surface area contributed by atoms with E-state index < -0.39 is 5.91 Å². The number of allylic oxidation sites excluding steroid dienone is 1.